The quantitative estimate of drug-likeness (QED) is 0.272. The molecule has 1 heterocycles. The normalized spacial score (nSPS) is 29.1. The van der Waals surface area contributed by atoms with Crippen LogP contribution in [-0.4, -0.2) is 82.8 Å². The summed E-state index contributed by atoms with van der Waals surface area (Å²) in [5.41, 5.74) is 0. The maximum absolute atomic E-state index is 13.0. The molecule has 3 N–H and O–H groups in total. The van der Waals surface area contributed by atoms with E-state index in [9.17, 15) is 24.9 Å². The summed E-state index contributed by atoms with van der Waals surface area (Å²) in [6.45, 7) is 15.4. The van der Waals surface area contributed by atoms with E-state index in [1.807, 2.05) is 46.7 Å². The summed E-state index contributed by atoms with van der Waals surface area (Å²) in [5, 5.41) is 30.9. The highest BCUT2D eigenvalue weighted by atomic mass is 16.7. The molecule has 0 amide bonds. The number of likely N-dealkylation sites (N-methyl/N-ethyl adjacent to an activating group) is 1. The Morgan fingerprint density at radius 2 is 1.62 bits per heavy atom. The zero-order chi connectivity index (χ0) is 28.6. The lowest BCUT2D eigenvalue weighted by Crippen LogP contribution is -2.54. The molecule has 0 saturated carbocycles. The van der Waals surface area contributed by atoms with Crippen molar-refractivity contribution >= 4 is 11.8 Å². The molecule has 1 aliphatic heterocycles. The minimum absolute atomic E-state index is 0.0829. The van der Waals surface area contributed by atoms with Crippen molar-refractivity contribution in [2.75, 3.05) is 14.1 Å². The zero-order valence-corrected chi connectivity index (χ0v) is 24.9. The van der Waals surface area contributed by atoms with Crippen molar-refractivity contribution in [3.8, 4) is 0 Å². The Kier molecular flexibility index (Phi) is 14.2. The van der Waals surface area contributed by atoms with Crippen LogP contribution in [0.25, 0.3) is 0 Å². The van der Waals surface area contributed by atoms with E-state index in [4.69, 9.17) is 9.47 Å². The fraction of sp³-hybridized carbons (Fsp3) is 0.931. The SMILES string of the molecule is CCC[C@H](C)C(O)[C@@H](C)C(=O)[C@H](C)C[C@H](C)C[C@@H](C)C(O[C@H]1CC(N(C)C)[C@H](O)C(C)O1)[C@@H](C)C(=O)O. The Morgan fingerprint density at radius 3 is 2.14 bits per heavy atom. The largest absolute Gasteiger partial charge is 0.481 e. The summed E-state index contributed by atoms with van der Waals surface area (Å²) in [6.07, 6.45) is 0.795. The van der Waals surface area contributed by atoms with Crippen molar-refractivity contribution in [1.82, 2.24) is 4.90 Å². The van der Waals surface area contributed by atoms with Crippen LogP contribution in [0.4, 0.5) is 0 Å². The number of carbonyl (C=O) groups excluding carboxylic acids is 1. The molecule has 0 aliphatic carbocycles. The highest BCUT2D eigenvalue weighted by Crippen LogP contribution is 2.32. The molecule has 4 unspecified atom stereocenters. The lowest BCUT2D eigenvalue weighted by Gasteiger charge is -2.43. The Labute approximate surface area is 225 Å². The van der Waals surface area contributed by atoms with Gasteiger partial charge in [-0.2, -0.15) is 0 Å². The molecule has 1 rings (SSSR count). The number of aliphatic hydroxyl groups is 2. The molecule has 0 aromatic heterocycles. The van der Waals surface area contributed by atoms with Crippen LogP contribution in [0.3, 0.4) is 0 Å². The number of carbonyl (C=O) groups is 2. The highest BCUT2D eigenvalue weighted by Gasteiger charge is 2.40. The summed E-state index contributed by atoms with van der Waals surface area (Å²) in [6, 6.07) is -0.145. The fourth-order valence-electron chi connectivity index (χ4n) is 6.01. The van der Waals surface area contributed by atoms with Gasteiger partial charge in [-0.15, -0.1) is 0 Å². The number of ether oxygens (including phenoxy) is 2. The van der Waals surface area contributed by atoms with Gasteiger partial charge in [0.05, 0.1) is 30.3 Å². The maximum atomic E-state index is 13.0. The summed E-state index contributed by atoms with van der Waals surface area (Å²) in [7, 11) is 3.80. The van der Waals surface area contributed by atoms with Gasteiger partial charge in [-0.25, -0.2) is 0 Å². The van der Waals surface area contributed by atoms with E-state index in [-0.39, 0.29) is 35.5 Å². The van der Waals surface area contributed by atoms with Gasteiger partial charge in [-0.3, -0.25) is 9.59 Å². The first-order valence-corrected chi connectivity index (χ1v) is 14.2. The second-order valence-corrected chi connectivity index (χ2v) is 12.2. The number of Topliss-reactive ketones (excluding diaryl/α,β-unsaturated/α-hetero) is 1. The number of hydrogen-bond donors (Lipinski definition) is 3. The molecule has 37 heavy (non-hydrogen) atoms. The van der Waals surface area contributed by atoms with Crippen LogP contribution >= 0.6 is 0 Å². The first-order chi connectivity index (χ1) is 17.1. The van der Waals surface area contributed by atoms with Gasteiger partial charge in [0.25, 0.3) is 0 Å². The van der Waals surface area contributed by atoms with E-state index in [0.717, 1.165) is 12.8 Å². The van der Waals surface area contributed by atoms with Crippen molar-refractivity contribution in [2.45, 2.75) is 124 Å². The number of rotatable bonds is 16. The number of ketones is 1. The van der Waals surface area contributed by atoms with Crippen LogP contribution in [0.5, 0.6) is 0 Å². The summed E-state index contributed by atoms with van der Waals surface area (Å²) < 4.78 is 12.2. The third-order valence-corrected chi connectivity index (χ3v) is 8.39. The van der Waals surface area contributed by atoms with Crippen LogP contribution in [0, 0.1) is 35.5 Å². The van der Waals surface area contributed by atoms with Crippen molar-refractivity contribution < 1.29 is 34.4 Å². The molecule has 218 valence electrons. The molecule has 1 fully saturated rings. The van der Waals surface area contributed by atoms with Gasteiger partial charge in [0.2, 0.25) is 0 Å². The number of nitrogens with zero attached hydrogens (tertiary/aromatic N) is 1. The van der Waals surface area contributed by atoms with E-state index in [1.54, 1.807) is 13.8 Å². The van der Waals surface area contributed by atoms with Gasteiger partial charge in [-0.05, 0) is 65.0 Å². The Bertz CT molecular complexity index is 702. The Balaban J connectivity index is 2.84. The maximum Gasteiger partial charge on any atom is 0.308 e. The predicted octanol–water partition coefficient (Wildman–Crippen LogP) is 4.21. The van der Waals surface area contributed by atoms with Gasteiger partial charge in [0.15, 0.2) is 6.29 Å². The third-order valence-electron chi connectivity index (χ3n) is 8.39. The number of hydrogen-bond acceptors (Lipinski definition) is 7. The molecular formula is C29H55NO7. The standard InChI is InChI=1S/C29H55NO7/c1-11-12-17(3)25(31)20(6)26(32)18(4)13-16(2)14-19(5)28(21(7)29(34)35)37-24-15-23(30(9)10)27(33)22(8)36-24/h16-25,27-28,31,33H,11-15H2,1-10H3,(H,34,35)/t16-,17-,18+,19+,20+,21+,22?,23?,24-,25?,27+,28?/m0/s1. The van der Waals surface area contributed by atoms with Gasteiger partial charge >= 0.3 is 5.97 Å². The number of carboxylic acids is 1. The average molecular weight is 530 g/mol. The topological polar surface area (TPSA) is 117 Å². The van der Waals surface area contributed by atoms with E-state index in [0.29, 0.717) is 19.3 Å². The fourth-order valence-corrected chi connectivity index (χ4v) is 6.01. The minimum Gasteiger partial charge on any atom is -0.481 e. The number of aliphatic hydroxyl groups excluding tert-OH is 2. The highest BCUT2D eigenvalue weighted by molar-refractivity contribution is 5.83. The summed E-state index contributed by atoms with van der Waals surface area (Å²) >= 11 is 0. The number of aliphatic carboxylic acids is 1. The second kappa shape index (κ2) is 15.5. The van der Waals surface area contributed by atoms with Crippen LogP contribution in [0.15, 0.2) is 0 Å². The van der Waals surface area contributed by atoms with E-state index < -0.39 is 48.5 Å². The van der Waals surface area contributed by atoms with Crippen molar-refractivity contribution in [3.05, 3.63) is 0 Å². The summed E-state index contributed by atoms with van der Waals surface area (Å²) in [5.74, 6) is -2.01. The molecule has 0 aromatic rings. The van der Waals surface area contributed by atoms with Crippen LogP contribution in [-0.2, 0) is 19.1 Å². The van der Waals surface area contributed by atoms with Gasteiger partial charge < -0.3 is 29.7 Å². The molecule has 1 saturated heterocycles. The van der Waals surface area contributed by atoms with E-state index in [1.165, 1.54) is 0 Å². The molecule has 0 spiro atoms. The predicted molar refractivity (Wildman–Crippen MR) is 145 cm³/mol. The first-order valence-electron chi connectivity index (χ1n) is 14.2. The molecule has 0 radical (unpaired) electrons. The van der Waals surface area contributed by atoms with Crippen LogP contribution in [0.1, 0.15) is 87.5 Å². The average Bonchev–Trinajstić information content (AvgIpc) is 2.82. The number of carboxylic acid groups (broad SMARTS) is 1. The third kappa shape index (κ3) is 9.88. The second-order valence-electron chi connectivity index (χ2n) is 12.2. The minimum atomic E-state index is -0.926. The monoisotopic (exact) mass is 529 g/mol. The van der Waals surface area contributed by atoms with Gasteiger partial charge in [0, 0.05) is 24.3 Å². The van der Waals surface area contributed by atoms with Crippen LogP contribution < -0.4 is 0 Å². The molecule has 1 aliphatic rings. The van der Waals surface area contributed by atoms with Gasteiger partial charge in [-0.1, -0.05) is 48.0 Å². The first kappa shape index (κ1) is 34.0. The molecule has 0 bridgehead atoms. The molecule has 0 aromatic carbocycles. The summed E-state index contributed by atoms with van der Waals surface area (Å²) in [4.78, 5) is 26.9. The van der Waals surface area contributed by atoms with Crippen molar-refractivity contribution in [1.29, 1.82) is 0 Å². The smallest absolute Gasteiger partial charge is 0.308 e. The van der Waals surface area contributed by atoms with E-state index >= 15 is 0 Å². The Hall–Kier alpha value is -1.06. The molecule has 8 heteroatoms. The Morgan fingerprint density at radius 1 is 1.03 bits per heavy atom. The van der Waals surface area contributed by atoms with E-state index in [2.05, 4.69) is 13.8 Å². The molecule has 8 nitrogen and oxygen atoms in total. The van der Waals surface area contributed by atoms with Crippen molar-refractivity contribution in [2.24, 2.45) is 35.5 Å². The van der Waals surface area contributed by atoms with Gasteiger partial charge in [0.1, 0.15) is 5.78 Å². The molecule has 12 atom stereocenters. The van der Waals surface area contributed by atoms with Crippen molar-refractivity contribution in [3.63, 3.8) is 0 Å². The van der Waals surface area contributed by atoms with Crippen LogP contribution in [0.2, 0.25) is 0 Å². The zero-order valence-electron chi connectivity index (χ0n) is 24.9. The lowest BCUT2D eigenvalue weighted by molar-refractivity contribution is -0.261. The lowest BCUT2D eigenvalue weighted by atomic mass is 9.79. The molecular weight excluding hydrogens is 474 g/mol.